The maximum Gasteiger partial charge on any atom is 0.194 e. The number of nitrogens with one attached hydrogen (secondary N) is 1. The third kappa shape index (κ3) is 6.35. The topological polar surface area (TPSA) is 64.2 Å². The second kappa shape index (κ2) is 10.7. The smallest absolute Gasteiger partial charge is 0.194 e. The molecule has 0 aromatic carbocycles. The molecule has 0 bridgehead atoms. The van der Waals surface area contributed by atoms with Gasteiger partial charge in [-0.3, -0.25) is 0 Å². The lowest BCUT2D eigenvalue weighted by Crippen LogP contribution is -2.42. The predicted molar refractivity (Wildman–Crippen MR) is 120 cm³/mol. The molecular formula is C20H35IN4O2. The Morgan fingerprint density at radius 3 is 2.78 bits per heavy atom. The van der Waals surface area contributed by atoms with Crippen molar-refractivity contribution in [1.82, 2.24) is 15.1 Å². The molecule has 27 heavy (non-hydrogen) atoms. The van der Waals surface area contributed by atoms with Crippen LogP contribution in [0.25, 0.3) is 0 Å². The minimum atomic E-state index is -1.09. The fraction of sp³-hybridized carbons (Fsp3) is 0.750. The van der Waals surface area contributed by atoms with Crippen molar-refractivity contribution in [2.45, 2.75) is 45.1 Å². The zero-order valence-corrected chi connectivity index (χ0v) is 19.0. The summed E-state index contributed by atoms with van der Waals surface area (Å²) in [5.74, 6) is 2.17. The van der Waals surface area contributed by atoms with E-state index >= 15 is 0 Å². The number of hydrogen-bond donors (Lipinski definition) is 2. The van der Waals surface area contributed by atoms with Gasteiger partial charge in [0.2, 0.25) is 0 Å². The Kier molecular flexibility index (Phi) is 8.88. The highest BCUT2D eigenvalue weighted by atomic mass is 127. The lowest BCUT2D eigenvalue weighted by atomic mass is 10.0. The van der Waals surface area contributed by atoms with Crippen LogP contribution in [0, 0.1) is 5.92 Å². The summed E-state index contributed by atoms with van der Waals surface area (Å²) in [6.07, 6.45) is 6.89. The molecule has 0 radical (unpaired) electrons. The van der Waals surface area contributed by atoms with Crippen LogP contribution in [0.1, 0.15) is 45.3 Å². The first-order valence-corrected chi connectivity index (χ1v) is 10.1. The first-order valence-electron chi connectivity index (χ1n) is 10.1. The molecule has 2 saturated heterocycles. The van der Waals surface area contributed by atoms with E-state index in [0.29, 0.717) is 11.7 Å². The standard InChI is InChI=1S/C20H34N4O2.HI/c1-3-21-19(22-16-20(2,25)18-8-7-13-26-18)24-12-9-17(15-24)14-23-10-5-4-6-11-23;/h7-8,13,17,25H,3-6,9-12,14-16H2,1-2H3,(H,21,22);1H. The average Bonchev–Trinajstić information content (AvgIpc) is 3.32. The number of rotatable bonds is 6. The Hall–Kier alpha value is -0.800. The number of furan rings is 1. The molecule has 2 unspecified atom stereocenters. The van der Waals surface area contributed by atoms with Crippen LogP contribution in [0.3, 0.4) is 0 Å². The fourth-order valence-corrected chi connectivity index (χ4v) is 4.00. The van der Waals surface area contributed by atoms with Crippen LogP contribution in [-0.4, -0.2) is 66.7 Å². The van der Waals surface area contributed by atoms with E-state index in [1.54, 1.807) is 25.3 Å². The monoisotopic (exact) mass is 490 g/mol. The molecular weight excluding hydrogens is 455 g/mol. The summed E-state index contributed by atoms with van der Waals surface area (Å²) in [6.45, 7) is 10.8. The Bertz CT molecular complexity index is 571. The average molecular weight is 490 g/mol. The van der Waals surface area contributed by atoms with Gasteiger partial charge in [0.25, 0.3) is 0 Å². The molecule has 0 amide bonds. The van der Waals surface area contributed by atoms with E-state index in [-0.39, 0.29) is 30.5 Å². The normalized spacial score (nSPS) is 23.7. The number of halogens is 1. The van der Waals surface area contributed by atoms with E-state index < -0.39 is 5.60 Å². The van der Waals surface area contributed by atoms with Gasteiger partial charge in [-0.05, 0) is 64.3 Å². The molecule has 7 heteroatoms. The second-order valence-electron chi connectivity index (χ2n) is 7.88. The molecule has 6 nitrogen and oxygen atoms in total. The number of aliphatic imine (C=N–C) groups is 1. The number of piperidine rings is 1. The maximum atomic E-state index is 10.6. The van der Waals surface area contributed by atoms with Crippen molar-refractivity contribution in [1.29, 1.82) is 0 Å². The summed E-state index contributed by atoms with van der Waals surface area (Å²) < 4.78 is 5.36. The minimum absolute atomic E-state index is 0. The highest BCUT2D eigenvalue weighted by Gasteiger charge is 2.29. The molecule has 154 valence electrons. The first kappa shape index (κ1) is 22.5. The minimum Gasteiger partial charge on any atom is -0.466 e. The summed E-state index contributed by atoms with van der Waals surface area (Å²) in [5.41, 5.74) is -1.09. The van der Waals surface area contributed by atoms with Gasteiger partial charge in [0.05, 0.1) is 12.8 Å². The third-order valence-corrected chi connectivity index (χ3v) is 5.47. The largest absolute Gasteiger partial charge is 0.466 e. The molecule has 3 heterocycles. The van der Waals surface area contributed by atoms with Crippen LogP contribution in [0.5, 0.6) is 0 Å². The first-order chi connectivity index (χ1) is 12.6. The Morgan fingerprint density at radius 2 is 2.11 bits per heavy atom. The van der Waals surface area contributed by atoms with Gasteiger partial charge in [0.15, 0.2) is 5.96 Å². The molecule has 0 saturated carbocycles. The summed E-state index contributed by atoms with van der Waals surface area (Å²) in [6, 6.07) is 3.59. The van der Waals surface area contributed by atoms with Crippen LogP contribution in [-0.2, 0) is 5.60 Å². The molecule has 3 rings (SSSR count). The number of guanidine groups is 1. The SMILES string of the molecule is CCNC(=NCC(C)(O)c1ccco1)N1CCC(CN2CCCCC2)C1.I. The van der Waals surface area contributed by atoms with Crippen molar-refractivity contribution < 1.29 is 9.52 Å². The van der Waals surface area contributed by atoms with Gasteiger partial charge in [-0.1, -0.05) is 6.42 Å². The van der Waals surface area contributed by atoms with Crippen molar-refractivity contribution in [2.75, 3.05) is 45.8 Å². The van der Waals surface area contributed by atoms with Gasteiger partial charge < -0.3 is 24.6 Å². The Morgan fingerprint density at radius 1 is 1.33 bits per heavy atom. The van der Waals surface area contributed by atoms with E-state index in [4.69, 9.17) is 9.41 Å². The zero-order chi connectivity index (χ0) is 18.4. The van der Waals surface area contributed by atoms with E-state index in [0.717, 1.165) is 25.6 Å². The lowest BCUT2D eigenvalue weighted by Gasteiger charge is -2.29. The van der Waals surface area contributed by atoms with Gasteiger partial charge in [-0.15, -0.1) is 24.0 Å². The van der Waals surface area contributed by atoms with Crippen LogP contribution >= 0.6 is 24.0 Å². The number of aliphatic hydroxyl groups is 1. The fourth-order valence-electron chi connectivity index (χ4n) is 4.00. The van der Waals surface area contributed by atoms with Crippen molar-refractivity contribution >= 4 is 29.9 Å². The zero-order valence-electron chi connectivity index (χ0n) is 16.7. The van der Waals surface area contributed by atoms with Crippen LogP contribution in [0.4, 0.5) is 0 Å². The van der Waals surface area contributed by atoms with Gasteiger partial charge in [0.1, 0.15) is 11.4 Å². The molecule has 0 spiro atoms. The highest BCUT2D eigenvalue weighted by Crippen LogP contribution is 2.23. The van der Waals surface area contributed by atoms with E-state index in [1.165, 1.54) is 45.3 Å². The highest BCUT2D eigenvalue weighted by molar-refractivity contribution is 14.0. The molecule has 2 aliphatic rings. The lowest BCUT2D eigenvalue weighted by molar-refractivity contribution is 0.0435. The van der Waals surface area contributed by atoms with Crippen molar-refractivity contribution in [3.05, 3.63) is 24.2 Å². The quantitative estimate of drug-likeness (QED) is 0.365. The predicted octanol–water partition coefficient (Wildman–Crippen LogP) is 2.88. The van der Waals surface area contributed by atoms with Crippen molar-refractivity contribution in [2.24, 2.45) is 10.9 Å². The molecule has 1 aromatic rings. The summed E-state index contributed by atoms with van der Waals surface area (Å²) in [5, 5.41) is 14.0. The van der Waals surface area contributed by atoms with E-state index in [1.807, 2.05) is 0 Å². The summed E-state index contributed by atoms with van der Waals surface area (Å²) >= 11 is 0. The van der Waals surface area contributed by atoms with Crippen LogP contribution < -0.4 is 5.32 Å². The number of likely N-dealkylation sites (tertiary alicyclic amines) is 2. The Labute approximate surface area is 180 Å². The van der Waals surface area contributed by atoms with Gasteiger partial charge in [0, 0.05) is 26.2 Å². The maximum absolute atomic E-state index is 10.6. The van der Waals surface area contributed by atoms with Gasteiger partial charge >= 0.3 is 0 Å². The third-order valence-electron chi connectivity index (χ3n) is 5.47. The molecule has 0 aliphatic carbocycles. The second-order valence-corrected chi connectivity index (χ2v) is 7.88. The van der Waals surface area contributed by atoms with Crippen molar-refractivity contribution in [3.8, 4) is 0 Å². The molecule has 2 N–H and O–H groups in total. The molecule has 2 fully saturated rings. The van der Waals surface area contributed by atoms with E-state index in [9.17, 15) is 5.11 Å². The van der Waals surface area contributed by atoms with Crippen LogP contribution in [0.15, 0.2) is 27.8 Å². The number of hydrogen-bond acceptors (Lipinski definition) is 4. The van der Waals surface area contributed by atoms with Crippen molar-refractivity contribution in [3.63, 3.8) is 0 Å². The van der Waals surface area contributed by atoms with Gasteiger partial charge in [-0.25, -0.2) is 4.99 Å². The number of nitrogens with zero attached hydrogens (tertiary/aromatic N) is 3. The molecule has 2 atom stereocenters. The van der Waals surface area contributed by atoms with Crippen LogP contribution in [0.2, 0.25) is 0 Å². The molecule has 2 aliphatic heterocycles. The Balaban J connectivity index is 0.00000261. The summed E-state index contributed by atoms with van der Waals surface area (Å²) in [4.78, 5) is 9.68. The van der Waals surface area contributed by atoms with E-state index in [2.05, 4.69) is 22.0 Å². The molecule has 1 aromatic heterocycles. The summed E-state index contributed by atoms with van der Waals surface area (Å²) in [7, 11) is 0. The van der Waals surface area contributed by atoms with Gasteiger partial charge in [-0.2, -0.15) is 0 Å².